The number of methoxy groups -OCH3 is 2. The van der Waals surface area contributed by atoms with Crippen LogP contribution in [0.4, 0.5) is 0 Å². The molecule has 0 aliphatic rings. The summed E-state index contributed by atoms with van der Waals surface area (Å²) in [7, 11) is 2.99. The van der Waals surface area contributed by atoms with Crippen molar-refractivity contribution in [2.75, 3.05) is 20.8 Å². The van der Waals surface area contributed by atoms with Gasteiger partial charge in [0.15, 0.2) is 11.5 Å². The molecule has 7 nitrogen and oxygen atoms in total. The van der Waals surface area contributed by atoms with Crippen molar-refractivity contribution in [3.05, 3.63) is 35.9 Å². The zero-order valence-corrected chi connectivity index (χ0v) is 13.9. The van der Waals surface area contributed by atoms with E-state index in [1.54, 1.807) is 18.2 Å². The van der Waals surface area contributed by atoms with E-state index in [1.165, 1.54) is 21.1 Å². The van der Waals surface area contributed by atoms with Crippen LogP contribution in [0.1, 0.15) is 18.9 Å². The highest BCUT2D eigenvalue weighted by Crippen LogP contribution is 2.27. The molecule has 0 radical (unpaired) electrons. The van der Waals surface area contributed by atoms with Gasteiger partial charge in [0, 0.05) is 5.57 Å². The Bertz CT molecular complexity index is 634. The number of esters is 3. The van der Waals surface area contributed by atoms with Crippen LogP contribution in [0.2, 0.25) is 0 Å². The number of carbonyl (C=O) groups excluding carboxylic acids is 3. The average Bonchev–Trinajstić information content (AvgIpc) is 2.54. The van der Waals surface area contributed by atoms with Crippen molar-refractivity contribution in [2.45, 2.75) is 19.8 Å². The molecule has 0 spiro atoms. The maximum absolute atomic E-state index is 11.7. The maximum atomic E-state index is 11.7. The SMILES string of the molecule is C=C(C)C(=O)OCCC(=O)OC(=O)Cc1ccc(OC)c(OC)c1. The van der Waals surface area contributed by atoms with E-state index in [0.29, 0.717) is 17.1 Å². The minimum absolute atomic E-state index is 0.0996. The number of hydrogen-bond donors (Lipinski definition) is 0. The van der Waals surface area contributed by atoms with Gasteiger partial charge in [-0.2, -0.15) is 0 Å². The Morgan fingerprint density at radius 1 is 1.04 bits per heavy atom. The molecule has 0 aromatic heterocycles. The molecule has 0 unspecified atom stereocenters. The molecule has 1 aromatic carbocycles. The van der Waals surface area contributed by atoms with E-state index < -0.39 is 17.9 Å². The fourth-order valence-electron chi connectivity index (χ4n) is 1.72. The summed E-state index contributed by atoms with van der Waals surface area (Å²) in [6.45, 7) is 4.73. The van der Waals surface area contributed by atoms with Crippen LogP contribution in [0.3, 0.4) is 0 Å². The Hall–Kier alpha value is -2.83. The third kappa shape index (κ3) is 6.12. The molecular weight excluding hydrogens is 316 g/mol. The summed E-state index contributed by atoms with van der Waals surface area (Å²) in [5.74, 6) is -1.07. The smallest absolute Gasteiger partial charge is 0.333 e. The Labute approximate surface area is 140 Å². The molecule has 130 valence electrons. The molecule has 24 heavy (non-hydrogen) atoms. The first kappa shape index (κ1) is 19.2. The zero-order valence-electron chi connectivity index (χ0n) is 13.9. The summed E-state index contributed by atoms with van der Waals surface area (Å²) < 4.78 is 19.6. The van der Waals surface area contributed by atoms with Crippen molar-refractivity contribution in [1.82, 2.24) is 0 Å². The molecule has 7 heteroatoms. The quantitative estimate of drug-likeness (QED) is 0.406. The fourth-order valence-corrected chi connectivity index (χ4v) is 1.72. The molecule has 0 aliphatic carbocycles. The molecule has 0 atom stereocenters. The van der Waals surface area contributed by atoms with Gasteiger partial charge in [-0.1, -0.05) is 12.6 Å². The van der Waals surface area contributed by atoms with Gasteiger partial charge in [0.05, 0.1) is 27.1 Å². The number of hydrogen-bond acceptors (Lipinski definition) is 7. The zero-order chi connectivity index (χ0) is 18.1. The third-order valence-corrected chi connectivity index (χ3v) is 2.91. The highest BCUT2D eigenvalue weighted by molar-refractivity contribution is 5.88. The van der Waals surface area contributed by atoms with Crippen molar-refractivity contribution in [3.63, 3.8) is 0 Å². The second-order valence-electron chi connectivity index (χ2n) is 4.88. The van der Waals surface area contributed by atoms with Crippen molar-refractivity contribution >= 4 is 17.9 Å². The summed E-state index contributed by atoms with van der Waals surface area (Å²) in [5.41, 5.74) is 0.840. The van der Waals surface area contributed by atoms with Gasteiger partial charge in [-0.3, -0.25) is 9.59 Å². The number of benzene rings is 1. The predicted octanol–water partition coefficient (Wildman–Crippen LogP) is 1.83. The van der Waals surface area contributed by atoms with Crippen LogP contribution in [0, 0.1) is 0 Å². The van der Waals surface area contributed by atoms with E-state index in [2.05, 4.69) is 11.3 Å². The molecule has 0 heterocycles. The van der Waals surface area contributed by atoms with E-state index in [1.807, 2.05) is 0 Å². The van der Waals surface area contributed by atoms with Crippen LogP contribution in [-0.2, 0) is 30.3 Å². The normalized spacial score (nSPS) is 9.79. The van der Waals surface area contributed by atoms with E-state index >= 15 is 0 Å². The van der Waals surface area contributed by atoms with Crippen LogP contribution in [-0.4, -0.2) is 38.7 Å². The monoisotopic (exact) mass is 336 g/mol. The molecule has 0 bridgehead atoms. The van der Waals surface area contributed by atoms with Crippen LogP contribution in [0.15, 0.2) is 30.4 Å². The summed E-state index contributed by atoms with van der Waals surface area (Å²) in [6.07, 6.45) is -0.311. The largest absolute Gasteiger partial charge is 0.493 e. The second-order valence-corrected chi connectivity index (χ2v) is 4.88. The van der Waals surface area contributed by atoms with Gasteiger partial charge >= 0.3 is 17.9 Å². The standard InChI is InChI=1S/C17H20O7/c1-11(2)17(20)23-8-7-15(18)24-16(19)10-12-5-6-13(21-3)14(9-12)22-4/h5-6,9H,1,7-8,10H2,2-4H3. The molecule has 0 amide bonds. The third-order valence-electron chi connectivity index (χ3n) is 2.91. The fraction of sp³-hybridized carbons (Fsp3) is 0.353. The van der Waals surface area contributed by atoms with E-state index in [9.17, 15) is 14.4 Å². The molecular formula is C17H20O7. The number of rotatable bonds is 8. The Kier molecular flexibility index (Phi) is 7.48. The van der Waals surface area contributed by atoms with Gasteiger partial charge in [0.2, 0.25) is 0 Å². The Morgan fingerprint density at radius 2 is 1.71 bits per heavy atom. The van der Waals surface area contributed by atoms with Gasteiger partial charge in [-0.05, 0) is 24.6 Å². The predicted molar refractivity (Wildman–Crippen MR) is 84.7 cm³/mol. The molecule has 1 aromatic rings. The van der Waals surface area contributed by atoms with Crippen molar-refractivity contribution in [3.8, 4) is 11.5 Å². The van der Waals surface area contributed by atoms with E-state index in [4.69, 9.17) is 14.2 Å². The number of carbonyl (C=O) groups is 3. The van der Waals surface area contributed by atoms with Gasteiger partial charge in [0.1, 0.15) is 6.61 Å². The van der Waals surface area contributed by atoms with Gasteiger partial charge in [-0.25, -0.2) is 4.79 Å². The first-order valence-corrected chi connectivity index (χ1v) is 7.14. The molecule has 0 N–H and O–H groups in total. The van der Waals surface area contributed by atoms with Crippen molar-refractivity contribution in [1.29, 1.82) is 0 Å². The summed E-state index contributed by atoms with van der Waals surface area (Å²) in [5, 5.41) is 0. The molecule has 1 rings (SSSR count). The van der Waals surface area contributed by atoms with Crippen LogP contribution in [0.5, 0.6) is 11.5 Å². The summed E-state index contributed by atoms with van der Waals surface area (Å²) in [4.78, 5) is 34.4. The minimum atomic E-state index is -0.769. The molecule has 0 saturated heterocycles. The van der Waals surface area contributed by atoms with Gasteiger partial charge in [-0.15, -0.1) is 0 Å². The Balaban J connectivity index is 2.47. The number of ether oxygens (including phenoxy) is 4. The highest BCUT2D eigenvalue weighted by Gasteiger charge is 2.14. The first-order valence-electron chi connectivity index (χ1n) is 7.14. The highest BCUT2D eigenvalue weighted by atomic mass is 16.6. The van der Waals surface area contributed by atoms with Crippen LogP contribution < -0.4 is 9.47 Å². The molecule has 0 saturated carbocycles. The lowest BCUT2D eigenvalue weighted by Gasteiger charge is -2.09. The maximum Gasteiger partial charge on any atom is 0.333 e. The van der Waals surface area contributed by atoms with Crippen LogP contribution in [0.25, 0.3) is 0 Å². The summed E-state index contributed by atoms with van der Waals surface area (Å²) in [6, 6.07) is 4.95. The first-order chi connectivity index (χ1) is 11.4. The lowest BCUT2D eigenvalue weighted by Crippen LogP contribution is -2.17. The lowest BCUT2D eigenvalue weighted by molar-refractivity contribution is -0.160. The van der Waals surface area contributed by atoms with E-state index in [0.717, 1.165) is 0 Å². The minimum Gasteiger partial charge on any atom is -0.493 e. The van der Waals surface area contributed by atoms with Crippen molar-refractivity contribution in [2.24, 2.45) is 0 Å². The van der Waals surface area contributed by atoms with E-state index in [-0.39, 0.29) is 25.0 Å². The molecule has 0 fully saturated rings. The second kappa shape index (κ2) is 9.34. The van der Waals surface area contributed by atoms with Crippen molar-refractivity contribution < 1.29 is 33.3 Å². The molecule has 0 aliphatic heterocycles. The summed E-state index contributed by atoms with van der Waals surface area (Å²) >= 11 is 0. The Morgan fingerprint density at radius 3 is 2.29 bits per heavy atom. The average molecular weight is 336 g/mol. The van der Waals surface area contributed by atoms with Gasteiger partial charge < -0.3 is 18.9 Å². The lowest BCUT2D eigenvalue weighted by atomic mass is 10.1. The van der Waals surface area contributed by atoms with Crippen LogP contribution >= 0.6 is 0 Å². The topological polar surface area (TPSA) is 88.1 Å². The van der Waals surface area contributed by atoms with Gasteiger partial charge in [0.25, 0.3) is 0 Å².